The fourth-order valence-electron chi connectivity index (χ4n) is 2.22. The van der Waals surface area contributed by atoms with Gasteiger partial charge in [0, 0.05) is 0 Å². The average Bonchev–Trinajstić information content (AvgIpc) is 2.38. The zero-order valence-electron chi connectivity index (χ0n) is 15.1. The Morgan fingerprint density at radius 1 is 0.545 bits per heavy atom. The van der Waals surface area contributed by atoms with Crippen LogP contribution in [0.3, 0.4) is 0 Å². The molecule has 0 aromatic heterocycles. The first-order valence-corrected chi connectivity index (χ1v) is 15.5. The monoisotopic (exact) mass is 352 g/mol. The van der Waals surface area contributed by atoms with Crippen molar-refractivity contribution in [3.05, 3.63) is 48.5 Å². The minimum Gasteiger partial charge on any atom is -0.472 e. The maximum atomic E-state index is 2.40. The molecule has 0 nitrogen and oxygen atoms in total. The Kier molecular flexibility index (Phi) is 7.32. The van der Waals surface area contributed by atoms with Crippen molar-refractivity contribution in [3.8, 4) is 0 Å². The third kappa shape index (κ3) is 5.74. The molecule has 0 saturated heterocycles. The zero-order chi connectivity index (χ0) is 15.7. The molecule has 0 heterocycles. The van der Waals surface area contributed by atoms with Gasteiger partial charge >= 0.3 is 29.6 Å². The SMILES string of the molecule is C[Si](C)(C)c1ccc([P-]c2ccc([Si](C)(C)C)cc2)cc1.[Na+]. The number of rotatable bonds is 4. The van der Waals surface area contributed by atoms with Gasteiger partial charge in [-0.2, -0.15) is 0 Å². The van der Waals surface area contributed by atoms with Gasteiger partial charge in [0.2, 0.25) is 0 Å². The van der Waals surface area contributed by atoms with Crippen LogP contribution in [0, 0.1) is 0 Å². The first-order valence-electron chi connectivity index (χ1n) is 7.59. The normalized spacial score (nSPS) is 11.9. The van der Waals surface area contributed by atoms with E-state index in [1.165, 1.54) is 29.6 Å². The van der Waals surface area contributed by atoms with E-state index in [1.54, 1.807) is 0 Å². The second-order valence-corrected chi connectivity index (χ2v) is 19.1. The summed E-state index contributed by atoms with van der Waals surface area (Å²) in [7, 11) is -1.04. The summed E-state index contributed by atoms with van der Waals surface area (Å²) in [5.74, 6) is 0. The van der Waals surface area contributed by atoms with E-state index in [2.05, 4.69) is 87.8 Å². The Bertz CT molecular complexity index is 537. The van der Waals surface area contributed by atoms with E-state index in [9.17, 15) is 0 Å². The van der Waals surface area contributed by atoms with E-state index in [4.69, 9.17) is 0 Å². The molecular weight excluding hydrogens is 326 g/mol. The molecule has 22 heavy (non-hydrogen) atoms. The van der Waals surface area contributed by atoms with Gasteiger partial charge in [-0.15, -0.1) is 0 Å². The van der Waals surface area contributed by atoms with E-state index in [1.807, 2.05) is 0 Å². The van der Waals surface area contributed by atoms with Crippen LogP contribution < -0.4 is 50.5 Å². The van der Waals surface area contributed by atoms with Gasteiger partial charge in [0.25, 0.3) is 0 Å². The van der Waals surface area contributed by atoms with Gasteiger partial charge in [-0.3, -0.25) is 0 Å². The van der Waals surface area contributed by atoms with Crippen LogP contribution in [0.2, 0.25) is 39.3 Å². The van der Waals surface area contributed by atoms with Crippen molar-refractivity contribution in [2.24, 2.45) is 0 Å². The standard InChI is InChI=1S/C18H26PSi2.Na/c1-20(2,3)17-11-7-15(8-12-17)19-16-9-13-18(14-10-16)21(4,5)6;/h7-14H,1-6H3;/q-1;+1. The summed E-state index contributed by atoms with van der Waals surface area (Å²) in [6.45, 7) is 14.4. The Hall–Kier alpha value is 0.304. The van der Waals surface area contributed by atoms with Crippen LogP contribution >= 0.6 is 8.58 Å². The number of hydrogen-bond acceptors (Lipinski definition) is 0. The minimum absolute atomic E-state index is 0. The van der Waals surface area contributed by atoms with Crippen molar-refractivity contribution in [1.82, 2.24) is 0 Å². The summed E-state index contributed by atoms with van der Waals surface area (Å²) in [4.78, 5) is 0. The van der Waals surface area contributed by atoms with Crippen molar-refractivity contribution in [1.29, 1.82) is 0 Å². The largest absolute Gasteiger partial charge is 1.00 e. The van der Waals surface area contributed by atoms with Crippen molar-refractivity contribution in [2.75, 3.05) is 0 Å². The molecule has 0 fully saturated rings. The molecule has 112 valence electrons. The molecule has 0 spiro atoms. The van der Waals surface area contributed by atoms with E-state index in [0.29, 0.717) is 0 Å². The smallest absolute Gasteiger partial charge is 0.472 e. The summed E-state index contributed by atoms with van der Waals surface area (Å²) >= 11 is 0. The molecular formula is C18H26NaPSi2. The topological polar surface area (TPSA) is 0 Å². The van der Waals surface area contributed by atoms with Crippen LogP contribution in [0.25, 0.3) is 0 Å². The first kappa shape index (κ1) is 20.3. The van der Waals surface area contributed by atoms with Gasteiger partial charge in [-0.1, -0.05) is 98.2 Å². The molecule has 0 N–H and O–H groups in total. The maximum Gasteiger partial charge on any atom is 1.00 e. The molecule has 2 rings (SSSR count). The maximum absolute atomic E-state index is 2.40. The molecule has 0 aliphatic rings. The van der Waals surface area contributed by atoms with Crippen LogP contribution in [0.5, 0.6) is 0 Å². The number of benzene rings is 2. The molecule has 0 bridgehead atoms. The third-order valence-corrected chi connectivity index (χ3v) is 8.97. The summed E-state index contributed by atoms with van der Waals surface area (Å²) in [6, 6.07) is 18.5. The summed E-state index contributed by atoms with van der Waals surface area (Å²) in [6.07, 6.45) is 0. The van der Waals surface area contributed by atoms with Crippen LogP contribution in [-0.2, 0) is 0 Å². The van der Waals surface area contributed by atoms with Crippen LogP contribution in [-0.4, -0.2) is 16.1 Å². The molecule has 4 heteroatoms. The zero-order valence-corrected chi connectivity index (χ0v) is 20.0. The van der Waals surface area contributed by atoms with E-state index < -0.39 is 16.1 Å². The fourth-order valence-corrected chi connectivity index (χ4v) is 5.45. The molecule has 2 aromatic rings. The van der Waals surface area contributed by atoms with Gasteiger partial charge in [-0.25, -0.2) is 10.6 Å². The molecule has 2 aromatic carbocycles. The summed E-state index contributed by atoms with van der Waals surface area (Å²) < 4.78 is 0. The van der Waals surface area contributed by atoms with Crippen molar-refractivity contribution in [3.63, 3.8) is 0 Å². The molecule has 0 aliphatic heterocycles. The van der Waals surface area contributed by atoms with E-state index in [-0.39, 0.29) is 29.6 Å². The Balaban J connectivity index is 0.00000242. The number of hydrogen-bond donors (Lipinski definition) is 0. The fraction of sp³-hybridized carbons (Fsp3) is 0.333. The molecule has 0 radical (unpaired) electrons. The van der Waals surface area contributed by atoms with Gasteiger partial charge < -0.3 is 8.58 Å². The summed E-state index contributed by atoms with van der Waals surface area (Å²) in [5, 5.41) is 5.85. The van der Waals surface area contributed by atoms with Crippen LogP contribution in [0.15, 0.2) is 48.5 Å². The summed E-state index contributed by atoms with van der Waals surface area (Å²) in [5.41, 5.74) is 0. The van der Waals surface area contributed by atoms with Gasteiger partial charge in [0.1, 0.15) is 0 Å². The second-order valence-electron chi connectivity index (χ2n) is 7.71. The third-order valence-electron chi connectivity index (χ3n) is 3.72. The van der Waals surface area contributed by atoms with Gasteiger partial charge in [-0.05, 0) is 0 Å². The van der Waals surface area contributed by atoms with Crippen molar-refractivity contribution < 1.29 is 29.6 Å². The van der Waals surface area contributed by atoms with E-state index in [0.717, 1.165) is 0 Å². The second kappa shape index (κ2) is 7.92. The average molecular weight is 353 g/mol. The van der Waals surface area contributed by atoms with Gasteiger partial charge in [0.05, 0.1) is 16.1 Å². The molecule has 0 amide bonds. The first-order chi connectivity index (χ1) is 9.66. The van der Waals surface area contributed by atoms with Crippen LogP contribution in [0.1, 0.15) is 0 Å². The van der Waals surface area contributed by atoms with Crippen molar-refractivity contribution in [2.45, 2.75) is 39.3 Å². The Morgan fingerprint density at radius 2 is 0.818 bits per heavy atom. The quantitative estimate of drug-likeness (QED) is 0.561. The molecule has 0 atom stereocenters. The molecule has 0 saturated carbocycles. The minimum atomic E-state index is -1.18. The van der Waals surface area contributed by atoms with E-state index >= 15 is 0 Å². The Morgan fingerprint density at radius 3 is 1.05 bits per heavy atom. The predicted octanol–water partition coefficient (Wildman–Crippen LogP) is 0.678. The molecule has 0 unspecified atom stereocenters. The predicted molar refractivity (Wildman–Crippen MR) is 105 cm³/mol. The van der Waals surface area contributed by atoms with Crippen LogP contribution in [0.4, 0.5) is 0 Å². The molecule has 0 aliphatic carbocycles. The Labute approximate surface area is 162 Å². The van der Waals surface area contributed by atoms with Crippen molar-refractivity contribution >= 4 is 45.7 Å². The van der Waals surface area contributed by atoms with Gasteiger partial charge in [0.15, 0.2) is 0 Å².